The van der Waals surface area contributed by atoms with Crippen molar-refractivity contribution in [1.29, 1.82) is 0 Å². The van der Waals surface area contributed by atoms with E-state index in [0.717, 1.165) is 43.6 Å². The van der Waals surface area contributed by atoms with Crippen molar-refractivity contribution < 1.29 is 4.74 Å². The van der Waals surface area contributed by atoms with E-state index in [-0.39, 0.29) is 11.7 Å². The average Bonchev–Trinajstić information content (AvgIpc) is 2.71. The van der Waals surface area contributed by atoms with Crippen LogP contribution < -0.4 is 15.2 Å². The van der Waals surface area contributed by atoms with Gasteiger partial charge in [0.25, 0.3) is 0 Å². The molecule has 3 aromatic rings. The molecule has 0 amide bonds. The third-order valence-electron chi connectivity index (χ3n) is 5.22. The van der Waals surface area contributed by atoms with Crippen molar-refractivity contribution in [2.75, 3.05) is 31.1 Å². The van der Waals surface area contributed by atoms with Gasteiger partial charge in [-0.25, -0.2) is 9.97 Å². The summed E-state index contributed by atoms with van der Waals surface area (Å²) in [4.78, 5) is 25.1. The molecule has 1 aliphatic heterocycles. The Hall–Kier alpha value is -2.93. The smallest absolute Gasteiger partial charge is 0.250 e. The molecule has 4 rings (SSSR count). The number of rotatable bonds is 5. The summed E-state index contributed by atoms with van der Waals surface area (Å²) in [7, 11) is 1.80. The maximum atomic E-state index is 11.6. The fourth-order valence-electron chi connectivity index (χ4n) is 3.70. The number of aromatic nitrogens is 3. The molecule has 0 aliphatic carbocycles. The van der Waals surface area contributed by atoms with Gasteiger partial charge in [0.1, 0.15) is 6.33 Å². The summed E-state index contributed by atoms with van der Waals surface area (Å²) in [5.74, 6) is 0.639. The van der Waals surface area contributed by atoms with Crippen molar-refractivity contribution in [3.05, 3.63) is 58.8 Å². The number of piperazine rings is 1. The Morgan fingerprint density at radius 3 is 2.59 bits per heavy atom. The van der Waals surface area contributed by atoms with Gasteiger partial charge in [0.15, 0.2) is 0 Å². The van der Waals surface area contributed by atoms with Crippen LogP contribution in [-0.2, 0) is 13.6 Å². The minimum atomic E-state index is 0.0275. The molecule has 1 aromatic carbocycles. The fourth-order valence-corrected chi connectivity index (χ4v) is 3.70. The summed E-state index contributed by atoms with van der Waals surface area (Å²) >= 11 is 0. The van der Waals surface area contributed by atoms with Crippen molar-refractivity contribution in [3.8, 4) is 5.88 Å². The average molecular weight is 393 g/mol. The maximum absolute atomic E-state index is 11.6. The zero-order chi connectivity index (χ0) is 20.4. The Bertz CT molecular complexity index is 1050. The Kier molecular flexibility index (Phi) is 5.49. The second-order valence-corrected chi connectivity index (χ2v) is 7.80. The van der Waals surface area contributed by atoms with E-state index in [9.17, 15) is 4.79 Å². The molecule has 0 radical (unpaired) electrons. The lowest BCUT2D eigenvalue weighted by atomic mass is 10.1. The minimum absolute atomic E-state index is 0.0275. The first-order chi connectivity index (χ1) is 14.0. The molecule has 0 atom stereocenters. The van der Waals surface area contributed by atoms with Crippen LogP contribution in [0.2, 0.25) is 0 Å². The first kappa shape index (κ1) is 19.4. The van der Waals surface area contributed by atoms with Crippen LogP contribution in [0.5, 0.6) is 5.88 Å². The van der Waals surface area contributed by atoms with Gasteiger partial charge in [-0.1, -0.05) is 6.07 Å². The van der Waals surface area contributed by atoms with E-state index in [0.29, 0.717) is 5.88 Å². The van der Waals surface area contributed by atoms with Crippen molar-refractivity contribution in [2.45, 2.75) is 26.5 Å². The lowest BCUT2D eigenvalue weighted by Crippen LogP contribution is -2.46. The highest BCUT2D eigenvalue weighted by molar-refractivity contribution is 5.86. The second-order valence-electron chi connectivity index (χ2n) is 7.80. The highest BCUT2D eigenvalue weighted by Gasteiger charge is 2.18. The number of hydrogen-bond acceptors (Lipinski definition) is 6. The second kappa shape index (κ2) is 8.21. The van der Waals surface area contributed by atoms with Crippen LogP contribution in [0.3, 0.4) is 0 Å². The summed E-state index contributed by atoms with van der Waals surface area (Å²) in [6, 6.07) is 9.86. The zero-order valence-electron chi connectivity index (χ0n) is 17.2. The lowest BCUT2D eigenvalue weighted by molar-refractivity contribution is 0.235. The molecule has 0 unspecified atom stereocenters. The van der Waals surface area contributed by atoms with Crippen LogP contribution >= 0.6 is 0 Å². The highest BCUT2D eigenvalue weighted by Crippen LogP contribution is 2.28. The van der Waals surface area contributed by atoms with Gasteiger partial charge in [-0.05, 0) is 37.6 Å². The summed E-state index contributed by atoms with van der Waals surface area (Å²) in [6.07, 6.45) is 3.55. The highest BCUT2D eigenvalue weighted by atomic mass is 16.5. The molecule has 0 spiro atoms. The number of nitrogens with zero attached hydrogens (tertiary/aromatic N) is 5. The lowest BCUT2D eigenvalue weighted by Gasteiger charge is -2.36. The van der Waals surface area contributed by atoms with Crippen LogP contribution in [0.4, 0.5) is 5.69 Å². The molecule has 0 saturated carbocycles. The van der Waals surface area contributed by atoms with E-state index in [1.54, 1.807) is 24.0 Å². The Labute approximate surface area is 170 Å². The number of anilines is 1. The van der Waals surface area contributed by atoms with Crippen molar-refractivity contribution in [1.82, 2.24) is 19.4 Å². The van der Waals surface area contributed by atoms with E-state index in [1.165, 1.54) is 11.3 Å². The van der Waals surface area contributed by atoms with Crippen LogP contribution in [-0.4, -0.2) is 51.7 Å². The topological polar surface area (TPSA) is 63.5 Å². The molecule has 29 heavy (non-hydrogen) atoms. The minimum Gasteiger partial charge on any atom is -0.474 e. The number of pyridine rings is 1. The summed E-state index contributed by atoms with van der Waals surface area (Å²) in [6.45, 7) is 8.71. The predicted octanol–water partition coefficient (Wildman–Crippen LogP) is 2.44. The molecule has 1 aliphatic rings. The van der Waals surface area contributed by atoms with Gasteiger partial charge >= 0.3 is 0 Å². The zero-order valence-corrected chi connectivity index (χ0v) is 17.2. The van der Waals surface area contributed by atoms with Crippen molar-refractivity contribution >= 4 is 16.6 Å². The maximum Gasteiger partial charge on any atom is 0.250 e. The van der Waals surface area contributed by atoms with Gasteiger partial charge in [-0.2, -0.15) is 0 Å². The van der Waals surface area contributed by atoms with Gasteiger partial charge in [0.2, 0.25) is 11.4 Å². The Balaban J connectivity index is 1.45. The molecule has 1 fully saturated rings. The van der Waals surface area contributed by atoms with E-state index >= 15 is 0 Å². The molecule has 1 saturated heterocycles. The molecule has 7 heteroatoms. The molecule has 152 valence electrons. The van der Waals surface area contributed by atoms with Crippen LogP contribution in [0.1, 0.15) is 19.4 Å². The monoisotopic (exact) mass is 393 g/mol. The van der Waals surface area contributed by atoms with Crippen molar-refractivity contribution in [3.63, 3.8) is 0 Å². The number of benzene rings is 1. The Morgan fingerprint density at radius 2 is 1.86 bits per heavy atom. The predicted molar refractivity (Wildman–Crippen MR) is 114 cm³/mol. The number of fused-ring (bicyclic) bond motifs is 1. The Morgan fingerprint density at radius 1 is 1.07 bits per heavy atom. The standard InChI is InChI=1S/C22H27N5O2/c1-16(2)29-22-19-12-18(5-6-20(19)23-15-24-22)27-10-8-26(9-11-27)14-17-4-7-21(28)25(3)13-17/h4-7,12-13,15-16H,8-11,14H2,1-3H3. The number of hydrogen-bond donors (Lipinski definition) is 0. The number of aryl methyl sites for hydroxylation is 1. The molecule has 3 heterocycles. The normalized spacial score (nSPS) is 15.2. The molecule has 0 N–H and O–H groups in total. The SMILES string of the molecule is CC(C)Oc1ncnc2ccc(N3CCN(Cc4ccc(=O)n(C)c4)CC3)cc12. The van der Waals surface area contributed by atoms with Crippen LogP contribution in [0, 0.1) is 0 Å². The molecule has 7 nitrogen and oxygen atoms in total. The van der Waals surface area contributed by atoms with E-state index < -0.39 is 0 Å². The summed E-state index contributed by atoms with van der Waals surface area (Å²) in [5.41, 5.74) is 3.26. The van der Waals surface area contributed by atoms with Gasteiger partial charge in [-0.15, -0.1) is 0 Å². The molecular formula is C22H27N5O2. The number of ether oxygens (including phenoxy) is 1. The van der Waals surface area contributed by atoms with Gasteiger partial charge in [0, 0.05) is 57.7 Å². The largest absolute Gasteiger partial charge is 0.474 e. The fraction of sp³-hybridized carbons (Fsp3) is 0.409. The van der Waals surface area contributed by atoms with E-state index in [4.69, 9.17) is 4.74 Å². The van der Waals surface area contributed by atoms with E-state index in [2.05, 4.69) is 31.9 Å². The van der Waals surface area contributed by atoms with Crippen molar-refractivity contribution in [2.24, 2.45) is 7.05 Å². The van der Waals surface area contributed by atoms with Crippen LogP contribution in [0.15, 0.2) is 47.7 Å². The summed E-state index contributed by atoms with van der Waals surface area (Å²) in [5, 5.41) is 0.950. The molecule has 0 bridgehead atoms. The van der Waals surface area contributed by atoms with Gasteiger partial charge in [-0.3, -0.25) is 9.69 Å². The first-order valence-corrected chi connectivity index (χ1v) is 10.0. The van der Waals surface area contributed by atoms with Gasteiger partial charge in [0.05, 0.1) is 17.0 Å². The third kappa shape index (κ3) is 4.40. The van der Waals surface area contributed by atoms with Crippen LogP contribution in [0.25, 0.3) is 10.9 Å². The van der Waals surface area contributed by atoms with E-state index in [1.807, 2.05) is 32.2 Å². The molecule has 2 aromatic heterocycles. The third-order valence-corrected chi connectivity index (χ3v) is 5.22. The molecular weight excluding hydrogens is 366 g/mol. The summed E-state index contributed by atoms with van der Waals surface area (Å²) < 4.78 is 7.51. The quantitative estimate of drug-likeness (QED) is 0.664. The first-order valence-electron chi connectivity index (χ1n) is 10.0. The van der Waals surface area contributed by atoms with Gasteiger partial charge < -0.3 is 14.2 Å².